The molecule has 0 bridgehead atoms. The van der Waals surface area contributed by atoms with Crippen LogP contribution in [0.2, 0.25) is 0 Å². The average molecular weight is 241 g/mol. The number of hydrogen-bond acceptors (Lipinski definition) is 3. The molecule has 1 fully saturated rings. The summed E-state index contributed by atoms with van der Waals surface area (Å²) in [5.74, 6) is 0.278. The number of rotatable bonds is 7. The monoisotopic (exact) mass is 241 g/mol. The highest BCUT2D eigenvalue weighted by molar-refractivity contribution is 5.84. The minimum Gasteiger partial charge on any atom is -0.368 e. The highest BCUT2D eigenvalue weighted by atomic mass is 16.2. The second kappa shape index (κ2) is 6.00. The lowest BCUT2D eigenvalue weighted by molar-refractivity contribution is -0.136. The predicted molar refractivity (Wildman–Crippen MR) is 65.9 cm³/mol. The maximum absolute atomic E-state index is 12.0. The van der Waals surface area contributed by atoms with Crippen LogP contribution in [0.15, 0.2) is 0 Å². The molecule has 5 heteroatoms. The van der Waals surface area contributed by atoms with Crippen molar-refractivity contribution in [2.24, 2.45) is 23.3 Å². The first-order chi connectivity index (χ1) is 7.90. The van der Waals surface area contributed by atoms with Crippen LogP contribution in [0.1, 0.15) is 33.1 Å². The first-order valence-electron chi connectivity index (χ1n) is 6.21. The van der Waals surface area contributed by atoms with E-state index in [1.165, 1.54) is 4.90 Å². The lowest BCUT2D eigenvalue weighted by atomic mass is 10.1. The first kappa shape index (κ1) is 14.0. The largest absolute Gasteiger partial charge is 0.368 e. The van der Waals surface area contributed by atoms with Crippen molar-refractivity contribution in [3.05, 3.63) is 0 Å². The Kier molecular flexibility index (Phi) is 4.93. The van der Waals surface area contributed by atoms with E-state index < -0.39 is 5.91 Å². The van der Waals surface area contributed by atoms with E-state index in [0.29, 0.717) is 24.8 Å². The van der Waals surface area contributed by atoms with Crippen LogP contribution in [-0.4, -0.2) is 35.8 Å². The van der Waals surface area contributed by atoms with Crippen LogP contribution in [0.5, 0.6) is 0 Å². The van der Waals surface area contributed by atoms with Gasteiger partial charge in [-0.25, -0.2) is 0 Å². The van der Waals surface area contributed by atoms with Crippen LogP contribution in [-0.2, 0) is 9.59 Å². The third kappa shape index (κ3) is 5.17. The van der Waals surface area contributed by atoms with Crippen molar-refractivity contribution < 1.29 is 9.59 Å². The lowest BCUT2D eigenvalue weighted by Crippen LogP contribution is -2.43. The maximum Gasteiger partial charge on any atom is 0.237 e. The quantitative estimate of drug-likeness (QED) is 0.661. The average Bonchev–Trinajstić information content (AvgIpc) is 2.97. The zero-order valence-electron chi connectivity index (χ0n) is 10.7. The Balaban J connectivity index is 2.48. The SMILES string of the molecule is CC(C)CN(CC(N)=O)C(=O)CC(N)C1CC1. The summed E-state index contributed by atoms with van der Waals surface area (Å²) in [7, 11) is 0. The van der Waals surface area contributed by atoms with Gasteiger partial charge in [0, 0.05) is 19.0 Å². The molecule has 0 saturated heterocycles. The second-order valence-corrected chi connectivity index (χ2v) is 5.34. The number of carbonyl (C=O) groups is 2. The van der Waals surface area contributed by atoms with Gasteiger partial charge in [0.25, 0.3) is 0 Å². The standard InChI is InChI=1S/C12H23N3O2/c1-8(2)6-15(7-11(14)16)12(17)5-10(13)9-3-4-9/h8-10H,3-7,13H2,1-2H3,(H2,14,16). The van der Waals surface area contributed by atoms with Crippen molar-refractivity contribution in [1.82, 2.24) is 4.90 Å². The van der Waals surface area contributed by atoms with Gasteiger partial charge in [-0.3, -0.25) is 9.59 Å². The fourth-order valence-corrected chi connectivity index (χ4v) is 1.91. The summed E-state index contributed by atoms with van der Waals surface area (Å²) in [6.45, 7) is 4.55. The Morgan fingerprint density at radius 1 is 1.35 bits per heavy atom. The Hall–Kier alpha value is -1.10. The van der Waals surface area contributed by atoms with Gasteiger partial charge >= 0.3 is 0 Å². The van der Waals surface area contributed by atoms with Crippen LogP contribution in [0.4, 0.5) is 0 Å². The van der Waals surface area contributed by atoms with Crippen LogP contribution in [0.3, 0.4) is 0 Å². The van der Waals surface area contributed by atoms with Gasteiger partial charge in [0.05, 0.1) is 6.54 Å². The third-order valence-electron chi connectivity index (χ3n) is 2.92. The van der Waals surface area contributed by atoms with Crippen LogP contribution in [0.25, 0.3) is 0 Å². The molecule has 4 N–H and O–H groups in total. The molecule has 5 nitrogen and oxygen atoms in total. The molecule has 0 aromatic carbocycles. The second-order valence-electron chi connectivity index (χ2n) is 5.34. The normalized spacial score (nSPS) is 16.9. The Morgan fingerprint density at radius 3 is 2.35 bits per heavy atom. The van der Waals surface area contributed by atoms with Crippen molar-refractivity contribution in [3.63, 3.8) is 0 Å². The molecule has 0 spiro atoms. The zero-order chi connectivity index (χ0) is 13.0. The molecular formula is C12H23N3O2. The number of nitrogens with two attached hydrogens (primary N) is 2. The maximum atomic E-state index is 12.0. The van der Waals surface area contributed by atoms with E-state index in [1.54, 1.807) is 0 Å². The summed E-state index contributed by atoms with van der Waals surface area (Å²) < 4.78 is 0. The van der Waals surface area contributed by atoms with Crippen molar-refractivity contribution in [2.75, 3.05) is 13.1 Å². The molecule has 0 heterocycles. The topological polar surface area (TPSA) is 89.4 Å². The molecule has 0 aromatic heterocycles. The molecule has 1 atom stereocenters. The van der Waals surface area contributed by atoms with Gasteiger partial charge < -0.3 is 16.4 Å². The van der Waals surface area contributed by atoms with E-state index in [2.05, 4.69) is 0 Å². The van der Waals surface area contributed by atoms with Gasteiger partial charge in [-0.1, -0.05) is 13.8 Å². The minimum absolute atomic E-state index is 0.00556. The molecule has 0 radical (unpaired) electrons. The molecule has 0 aliphatic heterocycles. The highest BCUT2D eigenvalue weighted by Gasteiger charge is 2.31. The predicted octanol–water partition coefficient (Wildman–Crippen LogP) is 0.0837. The molecule has 2 amide bonds. The van der Waals surface area contributed by atoms with E-state index >= 15 is 0 Å². The van der Waals surface area contributed by atoms with Gasteiger partial charge in [0.2, 0.25) is 11.8 Å². The fourth-order valence-electron chi connectivity index (χ4n) is 1.91. The number of carbonyl (C=O) groups excluding carboxylic acids is 2. The van der Waals surface area contributed by atoms with Crippen molar-refractivity contribution in [1.29, 1.82) is 0 Å². The zero-order valence-corrected chi connectivity index (χ0v) is 10.7. The van der Waals surface area contributed by atoms with Gasteiger partial charge in [-0.15, -0.1) is 0 Å². The molecule has 1 rings (SSSR count). The van der Waals surface area contributed by atoms with Gasteiger partial charge in [-0.2, -0.15) is 0 Å². The summed E-state index contributed by atoms with van der Waals surface area (Å²) in [4.78, 5) is 24.4. The van der Waals surface area contributed by atoms with E-state index in [9.17, 15) is 9.59 Å². The molecule has 1 aliphatic rings. The molecule has 1 unspecified atom stereocenters. The Labute approximate surface area is 103 Å². The van der Waals surface area contributed by atoms with Crippen LogP contribution < -0.4 is 11.5 Å². The molecule has 1 saturated carbocycles. The fraction of sp³-hybridized carbons (Fsp3) is 0.833. The van der Waals surface area contributed by atoms with Crippen molar-refractivity contribution >= 4 is 11.8 Å². The molecule has 0 aromatic rings. The number of nitrogens with zero attached hydrogens (tertiary/aromatic N) is 1. The van der Waals surface area contributed by atoms with Crippen LogP contribution in [0, 0.1) is 11.8 Å². The third-order valence-corrected chi connectivity index (χ3v) is 2.92. The van der Waals surface area contributed by atoms with Crippen LogP contribution >= 0.6 is 0 Å². The summed E-state index contributed by atoms with van der Waals surface area (Å²) in [5, 5.41) is 0. The van der Waals surface area contributed by atoms with E-state index in [0.717, 1.165) is 12.8 Å². The number of primary amides is 1. The van der Waals surface area contributed by atoms with Gasteiger partial charge in [-0.05, 0) is 24.7 Å². The summed E-state index contributed by atoms with van der Waals surface area (Å²) in [5.41, 5.74) is 11.1. The van der Waals surface area contributed by atoms with E-state index in [-0.39, 0.29) is 18.5 Å². The summed E-state index contributed by atoms with van der Waals surface area (Å²) >= 11 is 0. The van der Waals surface area contributed by atoms with Gasteiger partial charge in [0.1, 0.15) is 0 Å². The van der Waals surface area contributed by atoms with Gasteiger partial charge in [0.15, 0.2) is 0 Å². The first-order valence-corrected chi connectivity index (χ1v) is 6.21. The lowest BCUT2D eigenvalue weighted by Gasteiger charge is -2.24. The minimum atomic E-state index is -0.473. The molecule has 17 heavy (non-hydrogen) atoms. The molecule has 98 valence electrons. The smallest absolute Gasteiger partial charge is 0.237 e. The van der Waals surface area contributed by atoms with E-state index in [1.807, 2.05) is 13.8 Å². The number of hydrogen-bond donors (Lipinski definition) is 2. The van der Waals surface area contributed by atoms with E-state index in [4.69, 9.17) is 11.5 Å². The summed E-state index contributed by atoms with van der Waals surface area (Å²) in [6.07, 6.45) is 2.56. The molecular weight excluding hydrogens is 218 g/mol. The highest BCUT2D eigenvalue weighted by Crippen LogP contribution is 2.32. The Morgan fingerprint density at radius 2 is 1.94 bits per heavy atom. The summed E-state index contributed by atoms with van der Waals surface area (Å²) in [6, 6.07) is -0.0648. The Bertz CT molecular complexity index is 287. The van der Waals surface area contributed by atoms with Crippen molar-refractivity contribution in [2.45, 2.75) is 39.2 Å². The van der Waals surface area contributed by atoms with Crippen molar-refractivity contribution in [3.8, 4) is 0 Å². The number of amides is 2. The molecule has 1 aliphatic carbocycles.